The molecular weight excluding hydrogens is 277 g/mol. The molecule has 0 atom stereocenters. The number of pyridine rings is 1. The third-order valence-corrected chi connectivity index (χ3v) is 5.70. The second kappa shape index (κ2) is 6.51. The Bertz CT molecular complexity index is 661. The number of hydrogen-bond donors (Lipinski definition) is 0. The predicted octanol–water partition coefficient (Wildman–Crippen LogP) is 2.85. The van der Waals surface area contributed by atoms with Crippen molar-refractivity contribution in [1.29, 1.82) is 0 Å². The first-order valence-corrected chi connectivity index (χ1v) is 8.12. The average molecular weight is 293 g/mol. The molecule has 3 heteroatoms. The van der Waals surface area contributed by atoms with Gasteiger partial charge in [-0.15, -0.1) is 0 Å². The van der Waals surface area contributed by atoms with Crippen LogP contribution in [0.2, 0.25) is 0 Å². The Balaban J connectivity index is 2.17. The molecule has 0 spiro atoms. The van der Waals surface area contributed by atoms with Gasteiger partial charge in [-0.05, 0) is 24.6 Å². The summed E-state index contributed by atoms with van der Waals surface area (Å²) in [5, 5.41) is 3.74. The molecule has 0 saturated carbocycles. The van der Waals surface area contributed by atoms with E-state index < -0.39 is 7.92 Å². The zero-order valence-corrected chi connectivity index (χ0v) is 12.7. The molecule has 0 aliphatic rings. The molecule has 3 aromatic rings. The molecule has 0 unspecified atom stereocenters. The van der Waals surface area contributed by atoms with Gasteiger partial charge in [0.2, 0.25) is 0 Å². The van der Waals surface area contributed by atoms with Crippen molar-refractivity contribution < 1.29 is 4.74 Å². The molecule has 0 saturated heterocycles. The van der Waals surface area contributed by atoms with Gasteiger partial charge in [0.1, 0.15) is 5.75 Å². The lowest BCUT2D eigenvalue weighted by Gasteiger charge is -2.20. The van der Waals surface area contributed by atoms with Gasteiger partial charge in [-0.2, -0.15) is 0 Å². The van der Waals surface area contributed by atoms with E-state index in [1.54, 1.807) is 13.3 Å². The van der Waals surface area contributed by atoms with Crippen LogP contribution in [0.15, 0.2) is 79.1 Å². The first-order valence-electron chi connectivity index (χ1n) is 6.78. The number of methoxy groups -OCH3 is 1. The average Bonchev–Trinajstić information content (AvgIpc) is 2.58. The van der Waals surface area contributed by atoms with Crippen LogP contribution < -0.4 is 20.7 Å². The van der Waals surface area contributed by atoms with Gasteiger partial charge in [0.25, 0.3) is 0 Å². The largest absolute Gasteiger partial charge is 0.496 e. The lowest BCUT2D eigenvalue weighted by molar-refractivity contribution is 0.418. The number of aromatic nitrogens is 1. The Hall–Kier alpha value is -2.18. The molecule has 0 aliphatic carbocycles. The summed E-state index contributed by atoms with van der Waals surface area (Å²) in [6.07, 6.45) is 3.69. The topological polar surface area (TPSA) is 22.1 Å². The highest BCUT2D eigenvalue weighted by Crippen LogP contribution is 2.35. The fourth-order valence-corrected chi connectivity index (χ4v) is 4.66. The SMILES string of the molecule is COc1ccncc1P(c1ccccc1)c1ccccc1. The van der Waals surface area contributed by atoms with Gasteiger partial charge < -0.3 is 4.74 Å². The van der Waals surface area contributed by atoms with E-state index in [1.165, 1.54) is 10.6 Å². The number of nitrogens with zero attached hydrogens (tertiary/aromatic N) is 1. The van der Waals surface area contributed by atoms with E-state index in [2.05, 4.69) is 53.5 Å². The van der Waals surface area contributed by atoms with Gasteiger partial charge in [-0.3, -0.25) is 4.98 Å². The summed E-state index contributed by atoms with van der Waals surface area (Å²) >= 11 is 0. The molecule has 0 aliphatic heterocycles. The predicted molar refractivity (Wildman–Crippen MR) is 89.5 cm³/mol. The second-order valence-electron chi connectivity index (χ2n) is 4.55. The molecule has 2 aromatic carbocycles. The number of rotatable bonds is 4. The smallest absolute Gasteiger partial charge is 0.130 e. The van der Waals surface area contributed by atoms with Crippen molar-refractivity contribution in [3.05, 3.63) is 79.1 Å². The Morgan fingerprint density at radius 2 is 1.38 bits per heavy atom. The fraction of sp³-hybridized carbons (Fsp3) is 0.0556. The molecule has 2 nitrogen and oxygen atoms in total. The van der Waals surface area contributed by atoms with Crippen molar-refractivity contribution in [2.45, 2.75) is 0 Å². The van der Waals surface area contributed by atoms with Crippen LogP contribution in [-0.2, 0) is 0 Å². The Labute approximate surface area is 126 Å². The molecule has 21 heavy (non-hydrogen) atoms. The van der Waals surface area contributed by atoms with E-state index in [0.29, 0.717) is 0 Å². The summed E-state index contributed by atoms with van der Waals surface area (Å²) in [7, 11) is 1.05. The highest BCUT2D eigenvalue weighted by atomic mass is 31.1. The van der Waals surface area contributed by atoms with Gasteiger partial charge in [-0.25, -0.2) is 0 Å². The van der Waals surface area contributed by atoms with Crippen LogP contribution >= 0.6 is 7.92 Å². The molecule has 0 fully saturated rings. The van der Waals surface area contributed by atoms with Crippen molar-refractivity contribution in [3.8, 4) is 5.75 Å². The number of ether oxygens (including phenoxy) is 1. The molecule has 0 bridgehead atoms. The molecule has 0 amide bonds. The maximum absolute atomic E-state index is 5.55. The third-order valence-electron chi connectivity index (χ3n) is 3.25. The van der Waals surface area contributed by atoms with Crippen molar-refractivity contribution in [2.24, 2.45) is 0 Å². The van der Waals surface area contributed by atoms with Gasteiger partial charge in [0.05, 0.1) is 7.11 Å². The second-order valence-corrected chi connectivity index (χ2v) is 6.74. The zero-order valence-electron chi connectivity index (χ0n) is 11.8. The first kappa shape index (κ1) is 13.8. The Morgan fingerprint density at radius 1 is 0.810 bits per heavy atom. The maximum atomic E-state index is 5.55. The van der Waals surface area contributed by atoms with Gasteiger partial charge in [0.15, 0.2) is 0 Å². The first-order chi connectivity index (χ1) is 10.4. The molecule has 1 heterocycles. The molecular formula is C18H16NOP. The van der Waals surface area contributed by atoms with Gasteiger partial charge in [-0.1, -0.05) is 60.7 Å². The van der Waals surface area contributed by atoms with Crippen LogP contribution in [0, 0.1) is 0 Å². The summed E-state index contributed by atoms with van der Waals surface area (Å²) in [4.78, 5) is 4.30. The molecule has 1 aromatic heterocycles. The lowest BCUT2D eigenvalue weighted by atomic mass is 10.4. The quantitative estimate of drug-likeness (QED) is 0.690. The van der Waals surface area contributed by atoms with Crippen molar-refractivity contribution in [2.75, 3.05) is 7.11 Å². The van der Waals surface area contributed by atoms with Crippen molar-refractivity contribution >= 4 is 23.8 Å². The normalized spacial score (nSPS) is 10.6. The minimum atomic E-state index is -0.660. The van der Waals surface area contributed by atoms with E-state index in [4.69, 9.17) is 4.74 Å². The fourth-order valence-electron chi connectivity index (χ4n) is 2.30. The van der Waals surface area contributed by atoms with Crippen LogP contribution in [-0.4, -0.2) is 12.1 Å². The van der Waals surface area contributed by atoms with E-state index in [1.807, 2.05) is 24.4 Å². The molecule has 3 rings (SSSR count). The van der Waals surface area contributed by atoms with Crippen LogP contribution in [0.1, 0.15) is 0 Å². The van der Waals surface area contributed by atoms with Crippen LogP contribution in [0.25, 0.3) is 0 Å². The summed E-state index contributed by atoms with van der Waals surface area (Å²) in [5.41, 5.74) is 0. The zero-order chi connectivity index (χ0) is 14.5. The van der Waals surface area contributed by atoms with Gasteiger partial charge >= 0.3 is 0 Å². The molecule has 0 N–H and O–H groups in total. The minimum absolute atomic E-state index is 0.660. The van der Waals surface area contributed by atoms with E-state index in [0.717, 1.165) is 11.1 Å². The summed E-state index contributed by atoms with van der Waals surface area (Å²) < 4.78 is 5.55. The van der Waals surface area contributed by atoms with Crippen LogP contribution in [0.3, 0.4) is 0 Å². The molecule has 0 radical (unpaired) electrons. The Kier molecular flexibility index (Phi) is 4.28. The monoisotopic (exact) mass is 293 g/mol. The minimum Gasteiger partial charge on any atom is -0.496 e. The van der Waals surface area contributed by atoms with Crippen molar-refractivity contribution in [1.82, 2.24) is 4.98 Å². The standard InChI is InChI=1S/C18H16NOP/c1-20-17-12-13-19-14-18(17)21(15-8-4-2-5-9-15)16-10-6-3-7-11-16/h2-14H,1H3. The third kappa shape index (κ3) is 2.96. The van der Waals surface area contributed by atoms with E-state index >= 15 is 0 Å². The van der Waals surface area contributed by atoms with E-state index in [9.17, 15) is 0 Å². The molecule has 104 valence electrons. The number of hydrogen-bond acceptors (Lipinski definition) is 2. The van der Waals surface area contributed by atoms with Gasteiger partial charge in [0, 0.05) is 17.7 Å². The van der Waals surface area contributed by atoms with Crippen LogP contribution in [0.5, 0.6) is 5.75 Å². The summed E-state index contributed by atoms with van der Waals surface area (Å²) in [6, 6.07) is 23.0. The summed E-state index contributed by atoms with van der Waals surface area (Å²) in [6.45, 7) is 0. The highest BCUT2D eigenvalue weighted by molar-refractivity contribution is 7.80. The lowest BCUT2D eigenvalue weighted by Crippen LogP contribution is -2.22. The summed E-state index contributed by atoms with van der Waals surface area (Å²) in [5.74, 6) is 0.892. The van der Waals surface area contributed by atoms with E-state index in [-0.39, 0.29) is 0 Å². The Morgan fingerprint density at radius 3 is 1.90 bits per heavy atom. The highest BCUT2D eigenvalue weighted by Gasteiger charge is 2.19. The maximum Gasteiger partial charge on any atom is 0.130 e. The van der Waals surface area contributed by atoms with Crippen molar-refractivity contribution in [3.63, 3.8) is 0 Å². The number of benzene rings is 2. The van der Waals surface area contributed by atoms with Crippen LogP contribution in [0.4, 0.5) is 0 Å².